The van der Waals surface area contributed by atoms with Gasteiger partial charge in [-0.2, -0.15) is 0 Å². The van der Waals surface area contributed by atoms with E-state index in [-0.39, 0.29) is 18.1 Å². The van der Waals surface area contributed by atoms with Crippen molar-refractivity contribution in [2.45, 2.75) is 6.42 Å². The summed E-state index contributed by atoms with van der Waals surface area (Å²) in [5, 5.41) is 12.1. The zero-order valence-electron chi connectivity index (χ0n) is 9.13. The van der Waals surface area contributed by atoms with Gasteiger partial charge in [0.25, 0.3) is 0 Å². The number of benzene rings is 1. The topological polar surface area (TPSA) is 62.2 Å². The van der Waals surface area contributed by atoms with Gasteiger partial charge in [-0.25, -0.2) is 0 Å². The summed E-state index contributed by atoms with van der Waals surface area (Å²) in [4.78, 5) is 15.6. The molecule has 0 atom stereocenters. The van der Waals surface area contributed by atoms with Crippen LogP contribution in [0.4, 0.5) is 5.69 Å². The molecule has 0 saturated carbocycles. The molecular weight excluding hydrogens is 216 g/mol. The fourth-order valence-corrected chi connectivity index (χ4v) is 1.46. The Morgan fingerprint density at radius 3 is 2.76 bits per heavy atom. The molecule has 1 aromatic carbocycles. The predicted octanol–water partition coefficient (Wildman–Crippen LogP) is 1.97. The first kappa shape index (κ1) is 11.1. The largest absolute Gasteiger partial charge is 0.506 e. The molecule has 17 heavy (non-hydrogen) atoms. The molecule has 2 N–H and O–H groups in total. The van der Waals surface area contributed by atoms with E-state index >= 15 is 0 Å². The molecule has 4 heteroatoms. The first-order valence-electron chi connectivity index (χ1n) is 5.22. The van der Waals surface area contributed by atoms with Crippen LogP contribution >= 0.6 is 0 Å². The number of nitrogens with one attached hydrogen (secondary N) is 1. The molecule has 0 spiro atoms. The van der Waals surface area contributed by atoms with E-state index in [1.807, 2.05) is 6.07 Å². The number of aromatic nitrogens is 1. The lowest BCUT2D eigenvalue weighted by molar-refractivity contribution is -0.115. The van der Waals surface area contributed by atoms with Crippen LogP contribution in [0.3, 0.4) is 0 Å². The molecule has 0 saturated heterocycles. The van der Waals surface area contributed by atoms with Gasteiger partial charge in [-0.3, -0.25) is 9.78 Å². The second kappa shape index (κ2) is 5.12. The minimum atomic E-state index is -0.181. The lowest BCUT2D eigenvalue weighted by Gasteiger charge is -2.06. The van der Waals surface area contributed by atoms with Crippen LogP contribution < -0.4 is 5.32 Å². The smallest absolute Gasteiger partial charge is 0.228 e. The van der Waals surface area contributed by atoms with Gasteiger partial charge in [0.2, 0.25) is 5.91 Å². The van der Waals surface area contributed by atoms with E-state index in [4.69, 9.17) is 0 Å². The summed E-state index contributed by atoms with van der Waals surface area (Å²) in [5.41, 5.74) is 1.25. The van der Waals surface area contributed by atoms with Crippen molar-refractivity contribution in [2.75, 3.05) is 5.32 Å². The number of carbonyl (C=O) groups excluding carboxylic acids is 1. The number of para-hydroxylation sites is 2. The van der Waals surface area contributed by atoms with Crippen LogP contribution in [-0.4, -0.2) is 16.0 Å². The molecule has 0 unspecified atom stereocenters. The highest BCUT2D eigenvalue weighted by Gasteiger charge is 2.06. The van der Waals surface area contributed by atoms with E-state index in [9.17, 15) is 9.90 Å². The monoisotopic (exact) mass is 228 g/mol. The Kier molecular flexibility index (Phi) is 3.35. The number of hydrogen-bond acceptors (Lipinski definition) is 3. The molecule has 0 aliphatic rings. The summed E-state index contributed by atoms with van der Waals surface area (Å²) in [6.45, 7) is 0. The van der Waals surface area contributed by atoms with Gasteiger partial charge < -0.3 is 10.4 Å². The molecule has 4 nitrogen and oxygen atoms in total. The maximum Gasteiger partial charge on any atom is 0.228 e. The van der Waals surface area contributed by atoms with Crippen LogP contribution in [0.5, 0.6) is 5.75 Å². The van der Waals surface area contributed by atoms with Crippen molar-refractivity contribution in [3.05, 3.63) is 54.4 Å². The van der Waals surface area contributed by atoms with Crippen molar-refractivity contribution in [3.8, 4) is 5.75 Å². The average Bonchev–Trinajstić information content (AvgIpc) is 2.33. The Morgan fingerprint density at radius 2 is 2.06 bits per heavy atom. The van der Waals surface area contributed by atoms with Gasteiger partial charge in [0.05, 0.1) is 12.1 Å². The van der Waals surface area contributed by atoms with Crippen LogP contribution in [0, 0.1) is 0 Å². The van der Waals surface area contributed by atoms with E-state index in [1.54, 1.807) is 36.7 Å². The summed E-state index contributed by atoms with van der Waals surface area (Å²) < 4.78 is 0. The first-order chi connectivity index (χ1) is 8.25. The van der Waals surface area contributed by atoms with Crippen LogP contribution in [0.1, 0.15) is 5.56 Å². The van der Waals surface area contributed by atoms with Gasteiger partial charge in [0.1, 0.15) is 5.75 Å². The number of aromatic hydroxyl groups is 1. The van der Waals surface area contributed by atoms with E-state index in [0.717, 1.165) is 5.56 Å². The molecule has 0 aliphatic carbocycles. The molecule has 2 rings (SSSR count). The molecule has 1 heterocycles. The van der Waals surface area contributed by atoms with Crippen molar-refractivity contribution < 1.29 is 9.90 Å². The molecule has 0 aliphatic heterocycles. The number of phenols is 1. The van der Waals surface area contributed by atoms with E-state index < -0.39 is 0 Å². The highest BCUT2D eigenvalue weighted by atomic mass is 16.3. The Morgan fingerprint density at radius 1 is 1.24 bits per heavy atom. The summed E-state index contributed by atoms with van der Waals surface area (Å²) >= 11 is 0. The number of nitrogens with zero attached hydrogens (tertiary/aromatic N) is 1. The second-order valence-electron chi connectivity index (χ2n) is 3.60. The summed E-state index contributed by atoms with van der Waals surface area (Å²) in [5.74, 6) is -0.119. The van der Waals surface area contributed by atoms with Crippen molar-refractivity contribution in [2.24, 2.45) is 0 Å². The summed E-state index contributed by atoms with van der Waals surface area (Å²) in [6.07, 6.45) is 3.54. The van der Waals surface area contributed by atoms with Gasteiger partial charge in [0, 0.05) is 12.4 Å². The number of phenolic OH excluding ortho intramolecular Hbond substituents is 1. The van der Waals surface area contributed by atoms with E-state index in [1.165, 1.54) is 6.07 Å². The highest BCUT2D eigenvalue weighted by molar-refractivity contribution is 5.93. The van der Waals surface area contributed by atoms with Gasteiger partial charge >= 0.3 is 0 Å². The Balaban J connectivity index is 2.01. The highest BCUT2D eigenvalue weighted by Crippen LogP contribution is 2.21. The number of amides is 1. The van der Waals surface area contributed by atoms with Crippen LogP contribution in [-0.2, 0) is 11.2 Å². The molecule has 1 aromatic heterocycles. The zero-order valence-corrected chi connectivity index (χ0v) is 9.13. The maximum atomic E-state index is 11.7. The van der Waals surface area contributed by atoms with Gasteiger partial charge in [-0.15, -0.1) is 0 Å². The molecular formula is C13H12N2O2. The molecule has 2 aromatic rings. The molecule has 1 amide bonds. The van der Waals surface area contributed by atoms with E-state index in [0.29, 0.717) is 5.69 Å². The van der Waals surface area contributed by atoms with Crippen molar-refractivity contribution >= 4 is 11.6 Å². The Bertz CT molecular complexity index is 512. The third-order valence-electron chi connectivity index (χ3n) is 2.27. The molecule has 86 valence electrons. The van der Waals surface area contributed by atoms with Crippen LogP contribution in [0.2, 0.25) is 0 Å². The Labute approximate surface area is 98.9 Å². The van der Waals surface area contributed by atoms with Crippen LogP contribution in [0.25, 0.3) is 0 Å². The van der Waals surface area contributed by atoms with Crippen molar-refractivity contribution in [3.63, 3.8) is 0 Å². The summed E-state index contributed by atoms with van der Waals surface area (Å²) in [6, 6.07) is 10.2. The third-order valence-corrected chi connectivity index (χ3v) is 2.27. The molecule has 0 bridgehead atoms. The fourth-order valence-electron chi connectivity index (χ4n) is 1.46. The average molecular weight is 228 g/mol. The van der Waals surface area contributed by atoms with Gasteiger partial charge in [0.15, 0.2) is 0 Å². The number of rotatable bonds is 3. The first-order valence-corrected chi connectivity index (χ1v) is 5.22. The number of hydrogen-bond donors (Lipinski definition) is 2. The normalized spacial score (nSPS) is 9.88. The second-order valence-corrected chi connectivity index (χ2v) is 3.60. The minimum absolute atomic E-state index is 0.0621. The lowest BCUT2D eigenvalue weighted by atomic mass is 10.2. The number of carbonyl (C=O) groups is 1. The van der Waals surface area contributed by atoms with Crippen molar-refractivity contribution in [1.82, 2.24) is 4.98 Å². The van der Waals surface area contributed by atoms with E-state index in [2.05, 4.69) is 10.3 Å². The van der Waals surface area contributed by atoms with Gasteiger partial charge in [-0.1, -0.05) is 18.2 Å². The quantitative estimate of drug-likeness (QED) is 0.789. The number of anilines is 1. The SMILES string of the molecule is O=C(Cc1cccnc1)Nc1ccccc1O. The van der Waals surface area contributed by atoms with Gasteiger partial charge in [-0.05, 0) is 23.8 Å². The predicted molar refractivity (Wildman–Crippen MR) is 64.7 cm³/mol. The van der Waals surface area contributed by atoms with Crippen molar-refractivity contribution in [1.29, 1.82) is 0 Å². The summed E-state index contributed by atoms with van der Waals surface area (Å²) in [7, 11) is 0. The lowest BCUT2D eigenvalue weighted by Crippen LogP contribution is -2.14. The van der Waals surface area contributed by atoms with Crippen LogP contribution in [0.15, 0.2) is 48.8 Å². The molecule has 0 radical (unpaired) electrons. The third kappa shape index (κ3) is 3.04. The fraction of sp³-hybridized carbons (Fsp3) is 0.0769. The minimum Gasteiger partial charge on any atom is -0.506 e. The molecule has 0 fully saturated rings. The number of pyridine rings is 1. The maximum absolute atomic E-state index is 11.7. The Hall–Kier alpha value is -2.36. The standard InChI is InChI=1S/C13H12N2O2/c16-12-6-2-1-5-11(12)15-13(17)8-10-4-3-7-14-9-10/h1-7,9,16H,8H2,(H,15,17). The zero-order chi connectivity index (χ0) is 12.1.